The lowest BCUT2D eigenvalue weighted by atomic mass is 10.3. The minimum atomic E-state index is -3.20. The van der Waals surface area contributed by atoms with Crippen LogP contribution in [0.3, 0.4) is 0 Å². The van der Waals surface area contributed by atoms with Crippen LogP contribution in [0.5, 0.6) is 0 Å². The molecule has 0 aromatic carbocycles. The molecule has 0 aliphatic rings. The molecule has 96 valence electrons. The topological polar surface area (TPSA) is 50.3 Å². The van der Waals surface area contributed by atoms with Gasteiger partial charge in [-0.3, -0.25) is 4.98 Å². The third-order valence-corrected chi connectivity index (χ3v) is 4.64. The van der Waals surface area contributed by atoms with E-state index < -0.39 is 10.0 Å². The van der Waals surface area contributed by atoms with Crippen molar-refractivity contribution in [2.24, 2.45) is 0 Å². The van der Waals surface area contributed by atoms with Crippen molar-refractivity contribution in [1.82, 2.24) is 9.29 Å². The fraction of sp³-hybridized carbons (Fsp3) is 0.545. The Labute approximate surface area is 108 Å². The monoisotopic (exact) mass is 276 g/mol. The molecular weight excluding hydrogens is 260 g/mol. The van der Waals surface area contributed by atoms with E-state index >= 15 is 0 Å². The first-order chi connectivity index (χ1) is 8.10. The number of nitrogens with zero attached hydrogens (tertiary/aromatic N) is 2. The van der Waals surface area contributed by atoms with Crippen LogP contribution >= 0.6 is 11.6 Å². The van der Waals surface area contributed by atoms with E-state index in [9.17, 15) is 8.42 Å². The Kier molecular flexibility index (Phi) is 5.88. The zero-order chi connectivity index (χ0) is 12.7. The molecule has 4 nitrogen and oxygen atoms in total. The standard InChI is InChI=1S/C11H17ClN2O2S/c1-2-14(17(15,16)9-3-6-12)10-11-4-7-13-8-5-11/h4-5,7-8H,2-3,6,9-10H2,1H3. The first-order valence-electron chi connectivity index (χ1n) is 5.53. The van der Waals surface area contributed by atoms with E-state index in [0.29, 0.717) is 25.4 Å². The third-order valence-electron chi connectivity index (χ3n) is 2.39. The number of halogens is 1. The highest BCUT2D eigenvalue weighted by Gasteiger charge is 2.19. The van der Waals surface area contributed by atoms with Crippen LogP contribution < -0.4 is 0 Å². The molecule has 0 unspecified atom stereocenters. The average molecular weight is 277 g/mol. The van der Waals surface area contributed by atoms with Gasteiger partial charge in [0.1, 0.15) is 0 Å². The van der Waals surface area contributed by atoms with E-state index in [-0.39, 0.29) is 5.75 Å². The maximum absolute atomic E-state index is 12.0. The van der Waals surface area contributed by atoms with Crippen molar-refractivity contribution in [1.29, 1.82) is 0 Å². The summed E-state index contributed by atoms with van der Waals surface area (Å²) in [6.07, 6.45) is 3.81. The second kappa shape index (κ2) is 6.93. The summed E-state index contributed by atoms with van der Waals surface area (Å²) >= 11 is 5.52. The number of aromatic nitrogens is 1. The minimum absolute atomic E-state index is 0.107. The Bertz CT molecular complexity index is 422. The lowest BCUT2D eigenvalue weighted by Gasteiger charge is -2.20. The van der Waals surface area contributed by atoms with Crippen LogP contribution in [0.15, 0.2) is 24.5 Å². The lowest BCUT2D eigenvalue weighted by Crippen LogP contribution is -2.32. The summed E-state index contributed by atoms with van der Waals surface area (Å²) in [7, 11) is -3.20. The average Bonchev–Trinajstić information content (AvgIpc) is 2.34. The van der Waals surface area contributed by atoms with Gasteiger partial charge in [0.25, 0.3) is 0 Å². The highest BCUT2D eigenvalue weighted by Crippen LogP contribution is 2.10. The third kappa shape index (κ3) is 4.61. The van der Waals surface area contributed by atoms with Gasteiger partial charge in [-0.05, 0) is 24.1 Å². The van der Waals surface area contributed by atoms with Gasteiger partial charge in [-0.25, -0.2) is 8.42 Å². The van der Waals surface area contributed by atoms with Crippen LogP contribution in [0, 0.1) is 0 Å². The molecule has 0 bridgehead atoms. The summed E-state index contributed by atoms with van der Waals surface area (Å²) < 4.78 is 25.4. The number of hydrogen-bond acceptors (Lipinski definition) is 3. The first-order valence-corrected chi connectivity index (χ1v) is 7.67. The van der Waals surface area contributed by atoms with Crippen molar-refractivity contribution in [2.75, 3.05) is 18.2 Å². The highest BCUT2D eigenvalue weighted by molar-refractivity contribution is 7.89. The molecule has 0 amide bonds. The van der Waals surface area contributed by atoms with Gasteiger partial charge in [0, 0.05) is 31.4 Å². The van der Waals surface area contributed by atoms with Crippen molar-refractivity contribution in [3.8, 4) is 0 Å². The van der Waals surface area contributed by atoms with Gasteiger partial charge >= 0.3 is 0 Å². The van der Waals surface area contributed by atoms with Crippen LogP contribution in [-0.4, -0.2) is 35.9 Å². The molecule has 1 rings (SSSR count). The molecule has 0 saturated heterocycles. The maximum atomic E-state index is 12.0. The van der Waals surface area contributed by atoms with Crippen molar-refractivity contribution < 1.29 is 8.42 Å². The summed E-state index contributed by atoms with van der Waals surface area (Å²) in [5.74, 6) is 0.474. The van der Waals surface area contributed by atoms with Gasteiger partial charge in [0.15, 0.2) is 0 Å². The Morgan fingerprint density at radius 1 is 1.35 bits per heavy atom. The molecule has 6 heteroatoms. The van der Waals surface area contributed by atoms with E-state index in [1.807, 2.05) is 19.1 Å². The van der Waals surface area contributed by atoms with Crippen molar-refractivity contribution in [2.45, 2.75) is 19.9 Å². The summed E-state index contributed by atoms with van der Waals surface area (Å²) in [5, 5.41) is 0. The number of rotatable bonds is 7. The second-order valence-corrected chi connectivity index (χ2v) is 6.11. The van der Waals surface area contributed by atoms with Gasteiger partial charge in [-0.2, -0.15) is 4.31 Å². The molecule has 0 aliphatic heterocycles. The summed E-state index contributed by atoms with van der Waals surface area (Å²) in [6, 6.07) is 3.64. The Morgan fingerprint density at radius 3 is 2.53 bits per heavy atom. The van der Waals surface area contributed by atoms with Crippen molar-refractivity contribution >= 4 is 21.6 Å². The van der Waals surface area contributed by atoms with Crippen LogP contribution in [-0.2, 0) is 16.6 Å². The van der Waals surface area contributed by atoms with Crippen LogP contribution in [0.2, 0.25) is 0 Å². The van der Waals surface area contributed by atoms with E-state index in [4.69, 9.17) is 11.6 Å². The molecule has 0 aliphatic carbocycles. The summed E-state index contributed by atoms with van der Waals surface area (Å²) in [6.45, 7) is 2.69. The smallest absolute Gasteiger partial charge is 0.214 e. The lowest BCUT2D eigenvalue weighted by molar-refractivity contribution is 0.423. The number of sulfonamides is 1. The zero-order valence-corrected chi connectivity index (χ0v) is 11.4. The van der Waals surface area contributed by atoms with Crippen molar-refractivity contribution in [3.63, 3.8) is 0 Å². The van der Waals surface area contributed by atoms with Crippen LogP contribution in [0.25, 0.3) is 0 Å². The Morgan fingerprint density at radius 2 is 2.00 bits per heavy atom. The van der Waals surface area contributed by atoms with E-state index in [1.165, 1.54) is 4.31 Å². The fourth-order valence-electron chi connectivity index (χ4n) is 1.46. The molecular formula is C11H17ClN2O2S. The van der Waals surface area contributed by atoms with E-state index in [0.717, 1.165) is 5.56 Å². The van der Waals surface area contributed by atoms with Crippen LogP contribution in [0.4, 0.5) is 0 Å². The Balaban J connectivity index is 2.72. The zero-order valence-electron chi connectivity index (χ0n) is 9.84. The Hall–Kier alpha value is -0.650. The largest absolute Gasteiger partial charge is 0.265 e. The van der Waals surface area contributed by atoms with Gasteiger partial charge in [-0.15, -0.1) is 11.6 Å². The molecule has 0 fully saturated rings. The molecule has 17 heavy (non-hydrogen) atoms. The van der Waals surface area contributed by atoms with E-state index in [1.54, 1.807) is 12.4 Å². The van der Waals surface area contributed by atoms with Gasteiger partial charge < -0.3 is 0 Å². The van der Waals surface area contributed by atoms with Crippen LogP contribution in [0.1, 0.15) is 18.9 Å². The number of alkyl halides is 1. The molecule has 1 aromatic rings. The normalized spacial score (nSPS) is 11.9. The second-order valence-electron chi connectivity index (χ2n) is 3.64. The molecule has 1 heterocycles. The van der Waals surface area contributed by atoms with Gasteiger partial charge in [-0.1, -0.05) is 6.92 Å². The molecule has 0 atom stereocenters. The van der Waals surface area contributed by atoms with Gasteiger partial charge in [0.05, 0.1) is 5.75 Å². The minimum Gasteiger partial charge on any atom is -0.265 e. The molecule has 0 saturated carbocycles. The fourth-order valence-corrected chi connectivity index (χ4v) is 3.26. The molecule has 0 spiro atoms. The SMILES string of the molecule is CCN(Cc1ccncc1)S(=O)(=O)CCCCl. The van der Waals surface area contributed by atoms with Gasteiger partial charge in [0.2, 0.25) is 10.0 Å². The van der Waals surface area contributed by atoms with Crippen molar-refractivity contribution in [3.05, 3.63) is 30.1 Å². The first kappa shape index (κ1) is 14.4. The predicted octanol–water partition coefficient (Wildman–Crippen LogP) is 1.86. The quantitative estimate of drug-likeness (QED) is 0.715. The number of pyridine rings is 1. The molecule has 1 aromatic heterocycles. The number of hydrogen-bond donors (Lipinski definition) is 0. The predicted molar refractivity (Wildman–Crippen MR) is 69.4 cm³/mol. The maximum Gasteiger partial charge on any atom is 0.214 e. The summed E-state index contributed by atoms with van der Waals surface area (Å²) in [4.78, 5) is 3.90. The molecule has 0 radical (unpaired) electrons. The summed E-state index contributed by atoms with van der Waals surface area (Å²) in [5.41, 5.74) is 0.941. The van der Waals surface area contributed by atoms with E-state index in [2.05, 4.69) is 4.98 Å². The molecule has 0 N–H and O–H groups in total. The highest BCUT2D eigenvalue weighted by atomic mass is 35.5.